The van der Waals surface area contributed by atoms with Crippen LogP contribution in [0.2, 0.25) is 12.6 Å². The third-order valence-electron chi connectivity index (χ3n) is 4.28. The summed E-state index contributed by atoms with van der Waals surface area (Å²) in [7, 11) is 1.91. The molecule has 1 heterocycles. The molecule has 0 bridgehead atoms. The summed E-state index contributed by atoms with van der Waals surface area (Å²) < 4.78 is 13.5. The van der Waals surface area contributed by atoms with Crippen LogP contribution in [-0.2, 0) is 4.43 Å². The molecule has 4 nitrogen and oxygen atoms in total. The molecule has 1 aliphatic heterocycles. The summed E-state index contributed by atoms with van der Waals surface area (Å²) in [5, 5.41) is 0. The van der Waals surface area contributed by atoms with Gasteiger partial charge in [0, 0.05) is 19.9 Å². The first-order valence-corrected chi connectivity index (χ1v) is 10.2. The fraction of sp³-hybridized carbons (Fsp3) is 0.562. The molecule has 0 amide bonds. The highest BCUT2D eigenvalue weighted by Crippen LogP contribution is 2.24. The average molecular weight is 306 g/mol. The normalized spacial score (nSPS) is 23.6. The summed E-state index contributed by atoms with van der Waals surface area (Å²) >= 11 is 0. The smallest absolute Gasteiger partial charge is 0.267 e. The minimum Gasteiger partial charge on any atom is -0.497 e. The van der Waals surface area contributed by atoms with Gasteiger partial charge in [-0.2, -0.15) is 0 Å². The largest absolute Gasteiger partial charge is 0.497 e. The van der Waals surface area contributed by atoms with Crippen molar-refractivity contribution in [3.63, 3.8) is 0 Å². The predicted molar refractivity (Wildman–Crippen MR) is 89.7 cm³/mol. The highest BCUT2D eigenvalue weighted by atomic mass is 28.4. The lowest BCUT2D eigenvalue weighted by Gasteiger charge is -2.41. The van der Waals surface area contributed by atoms with Gasteiger partial charge in [-0.3, -0.25) is 4.99 Å². The summed E-state index contributed by atoms with van der Waals surface area (Å²) in [4.78, 5) is 4.55. The molecule has 1 fully saturated rings. The van der Waals surface area contributed by atoms with Gasteiger partial charge in [-0.15, -0.1) is 0 Å². The molecule has 21 heavy (non-hydrogen) atoms. The Morgan fingerprint density at radius 1 is 1.24 bits per heavy atom. The summed E-state index contributed by atoms with van der Waals surface area (Å²) in [5.41, 5.74) is 1.11. The maximum absolute atomic E-state index is 5.83. The van der Waals surface area contributed by atoms with Crippen molar-refractivity contribution < 1.29 is 9.16 Å². The molecular formula is C16H26N2O2Si. The summed E-state index contributed by atoms with van der Waals surface area (Å²) in [6, 6.07) is 9.21. The van der Waals surface area contributed by atoms with Crippen LogP contribution in [-0.4, -0.2) is 53.1 Å². The van der Waals surface area contributed by atoms with Crippen molar-refractivity contribution in [3.05, 3.63) is 29.8 Å². The molecule has 1 atom stereocenters. The number of ether oxygens (including phenoxy) is 1. The van der Waals surface area contributed by atoms with Crippen molar-refractivity contribution >= 4 is 14.7 Å². The van der Waals surface area contributed by atoms with Gasteiger partial charge in [0.2, 0.25) is 0 Å². The number of hydrogen-bond acceptors (Lipinski definition) is 4. The molecule has 5 heteroatoms. The van der Waals surface area contributed by atoms with Gasteiger partial charge in [-0.05, 0) is 55.4 Å². The van der Waals surface area contributed by atoms with Gasteiger partial charge >= 0.3 is 0 Å². The number of aliphatic imine (C=N–C) groups is 1. The van der Waals surface area contributed by atoms with Crippen LogP contribution >= 0.6 is 0 Å². The lowest BCUT2D eigenvalue weighted by molar-refractivity contribution is 0.268. The van der Waals surface area contributed by atoms with Crippen molar-refractivity contribution in [2.24, 2.45) is 4.99 Å². The van der Waals surface area contributed by atoms with Crippen molar-refractivity contribution in [3.8, 4) is 5.75 Å². The van der Waals surface area contributed by atoms with Crippen LogP contribution in [0, 0.1) is 0 Å². The van der Waals surface area contributed by atoms with Gasteiger partial charge in [0.15, 0.2) is 0 Å². The van der Waals surface area contributed by atoms with Crippen molar-refractivity contribution in [1.82, 2.24) is 4.57 Å². The van der Waals surface area contributed by atoms with E-state index >= 15 is 0 Å². The summed E-state index contributed by atoms with van der Waals surface area (Å²) in [5.74, 6) is 0.877. The van der Waals surface area contributed by atoms with Crippen LogP contribution in [0.3, 0.4) is 0 Å². The molecule has 1 aromatic carbocycles. The SMILES string of the molecule is COc1ccc(C=NCCN2CCCC[Si]2(C)OC)cc1. The lowest BCUT2D eigenvalue weighted by atomic mass is 10.2. The minimum atomic E-state index is -1.64. The zero-order valence-electron chi connectivity index (χ0n) is 13.3. The Morgan fingerprint density at radius 3 is 2.67 bits per heavy atom. The monoisotopic (exact) mass is 306 g/mol. The number of rotatable bonds is 6. The van der Waals surface area contributed by atoms with E-state index in [1.807, 2.05) is 37.6 Å². The second kappa shape index (κ2) is 7.73. The third kappa shape index (κ3) is 4.39. The van der Waals surface area contributed by atoms with E-state index in [1.165, 1.54) is 18.9 Å². The molecule has 1 unspecified atom stereocenters. The molecule has 0 radical (unpaired) electrons. The van der Waals surface area contributed by atoms with Crippen LogP contribution in [0.5, 0.6) is 5.75 Å². The van der Waals surface area contributed by atoms with Crippen molar-refractivity contribution in [1.29, 1.82) is 0 Å². The lowest BCUT2D eigenvalue weighted by Crippen LogP contribution is -2.56. The van der Waals surface area contributed by atoms with E-state index in [1.54, 1.807) is 7.11 Å². The maximum Gasteiger partial charge on any atom is 0.267 e. The van der Waals surface area contributed by atoms with Crippen molar-refractivity contribution in [2.45, 2.75) is 25.4 Å². The average Bonchev–Trinajstić information content (AvgIpc) is 2.53. The van der Waals surface area contributed by atoms with E-state index in [0.29, 0.717) is 0 Å². The van der Waals surface area contributed by atoms with E-state index < -0.39 is 8.48 Å². The topological polar surface area (TPSA) is 34.1 Å². The van der Waals surface area contributed by atoms with E-state index in [-0.39, 0.29) is 0 Å². The highest BCUT2D eigenvalue weighted by molar-refractivity contribution is 6.69. The van der Waals surface area contributed by atoms with E-state index in [2.05, 4.69) is 16.1 Å². The van der Waals surface area contributed by atoms with Crippen LogP contribution < -0.4 is 4.74 Å². The molecule has 1 aliphatic rings. The van der Waals surface area contributed by atoms with E-state index in [9.17, 15) is 0 Å². The van der Waals surface area contributed by atoms with Crippen LogP contribution in [0.1, 0.15) is 18.4 Å². The number of hydrogen-bond donors (Lipinski definition) is 0. The first-order valence-electron chi connectivity index (χ1n) is 7.62. The van der Waals surface area contributed by atoms with Gasteiger partial charge in [0.1, 0.15) is 5.75 Å². The summed E-state index contributed by atoms with van der Waals surface area (Å²) in [6.07, 6.45) is 4.53. The van der Waals surface area contributed by atoms with E-state index in [0.717, 1.165) is 30.9 Å². The Morgan fingerprint density at radius 2 is 2.00 bits per heavy atom. The van der Waals surface area contributed by atoms with Gasteiger partial charge < -0.3 is 13.7 Å². The summed E-state index contributed by atoms with van der Waals surface area (Å²) in [6.45, 7) is 5.31. The molecular weight excluding hydrogens is 280 g/mol. The minimum absolute atomic E-state index is 0.831. The van der Waals surface area contributed by atoms with Gasteiger partial charge in [-0.25, -0.2) is 0 Å². The van der Waals surface area contributed by atoms with Gasteiger partial charge in [0.05, 0.1) is 13.7 Å². The molecule has 0 aliphatic carbocycles. The molecule has 0 aromatic heterocycles. The van der Waals surface area contributed by atoms with Crippen molar-refractivity contribution in [2.75, 3.05) is 33.9 Å². The molecule has 2 rings (SSSR count). The Hall–Kier alpha value is -1.17. The highest BCUT2D eigenvalue weighted by Gasteiger charge is 2.37. The molecule has 1 aromatic rings. The zero-order valence-corrected chi connectivity index (χ0v) is 14.3. The Kier molecular flexibility index (Phi) is 5.96. The zero-order chi connectivity index (χ0) is 15.1. The van der Waals surface area contributed by atoms with Gasteiger partial charge in [-0.1, -0.05) is 6.42 Å². The Bertz CT molecular complexity index is 464. The standard InChI is InChI=1S/C16H26N2O2Si/c1-19-16-8-6-15(7-9-16)14-17-10-12-18-11-4-5-13-21(18,3)20-2/h6-9,14H,4-5,10-13H2,1-3H3. The molecule has 0 N–H and O–H groups in total. The molecule has 1 saturated heterocycles. The number of methoxy groups -OCH3 is 1. The molecule has 0 saturated carbocycles. The van der Waals surface area contributed by atoms with Crippen LogP contribution in [0.25, 0.3) is 0 Å². The predicted octanol–water partition coefficient (Wildman–Crippen LogP) is 2.93. The maximum atomic E-state index is 5.83. The number of nitrogens with zero attached hydrogens (tertiary/aromatic N) is 2. The quantitative estimate of drug-likeness (QED) is 0.598. The van der Waals surface area contributed by atoms with E-state index in [4.69, 9.17) is 9.16 Å². The van der Waals surface area contributed by atoms with Crippen LogP contribution in [0.4, 0.5) is 0 Å². The Balaban J connectivity index is 1.83. The van der Waals surface area contributed by atoms with Crippen LogP contribution in [0.15, 0.2) is 29.3 Å². The Labute approximate surface area is 129 Å². The second-order valence-corrected chi connectivity index (χ2v) is 9.52. The van der Waals surface area contributed by atoms with Gasteiger partial charge in [0.25, 0.3) is 8.48 Å². The number of benzene rings is 1. The second-order valence-electron chi connectivity index (χ2n) is 5.63. The first-order chi connectivity index (χ1) is 10.2. The fourth-order valence-corrected chi connectivity index (χ4v) is 5.66. The third-order valence-corrected chi connectivity index (χ3v) is 8.23. The fourth-order valence-electron chi connectivity index (χ4n) is 2.77. The molecule has 0 spiro atoms. The molecule has 116 valence electrons. The first kappa shape index (κ1) is 16.2.